The minimum atomic E-state index is -0.246. The highest BCUT2D eigenvalue weighted by atomic mass is 16.6. The average Bonchev–Trinajstić information content (AvgIpc) is 3.42. The predicted octanol–water partition coefficient (Wildman–Crippen LogP) is 9.03. The van der Waals surface area contributed by atoms with Crippen LogP contribution in [0.2, 0.25) is 0 Å². The molecule has 2 aliphatic rings. The van der Waals surface area contributed by atoms with Gasteiger partial charge in [-0.05, 0) is 83.6 Å². The first-order valence-corrected chi connectivity index (χ1v) is 25.5. The van der Waals surface area contributed by atoms with Gasteiger partial charge in [0.05, 0.1) is 125 Å². The molecule has 0 N–H and O–H groups in total. The smallest absolute Gasteiger partial charge is 0.306 e. The molecule has 0 spiro atoms. The monoisotopic (exact) mass is 1030 g/mol. The maximum Gasteiger partial charge on any atom is 0.306 e. The lowest BCUT2D eigenvalue weighted by molar-refractivity contribution is -0.941. The molecule has 404 valence electrons. The number of benzene rings is 4. The van der Waals surface area contributed by atoms with Gasteiger partial charge in [0.15, 0.2) is 46.0 Å². The minimum absolute atomic E-state index is 0.0551. The molecule has 0 aromatic heterocycles. The first-order valence-electron chi connectivity index (χ1n) is 25.5. The number of nitrogens with zero attached hydrogens (tertiary/aromatic N) is 2. The molecule has 2 aliphatic heterocycles. The third-order valence-corrected chi connectivity index (χ3v) is 15.0. The van der Waals surface area contributed by atoms with Crippen LogP contribution < -0.4 is 47.4 Å². The molecule has 6 rings (SSSR count). The Hall–Kier alpha value is -6.52. The lowest BCUT2D eigenvalue weighted by atomic mass is 9.86. The van der Waals surface area contributed by atoms with Crippen molar-refractivity contribution in [3.63, 3.8) is 0 Å². The van der Waals surface area contributed by atoms with Crippen molar-refractivity contribution in [3.8, 4) is 57.5 Å². The summed E-state index contributed by atoms with van der Waals surface area (Å²) in [6, 6.07) is 16.5. The second-order valence-corrected chi connectivity index (χ2v) is 19.4. The fraction of sp³-hybridized carbons (Fsp3) is 0.517. The number of ether oxygens (including phenoxy) is 12. The molecule has 0 saturated carbocycles. The zero-order chi connectivity index (χ0) is 53.4. The van der Waals surface area contributed by atoms with E-state index in [9.17, 15) is 9.59 Å². The van der Waals surface area contributed by atoms with Gasteiger partial charge >= 0.3 is 11.9 Å². The topological polar surface area (TPSA) is 145 Å². The van der Waals surface area contributed by atoms with Crippen molar-refractivity contribution in [1.29, 1.82) is 0 Å². The third kappa shape index (κ3) is 13.4. The fourth-order valence-electron chi connectivity index (χ4n) is 10.8. The Labute approximate surface area is 438 Å². The number of carbonyl (C=O) groups excluding carboxylic acids is 2. The van der Waals surface area contributed by atoms with Gasteiger partial charge in [-0.2, -0.15) is 0 Å². The van der Waals surface area contributed by atoms with Crippen LogP contribution in [0, 0.1) is 0 Å². The van der Waals surface area contributed by atoms with Crippen molar-refractivity contribution in [1.82, 2.24) is 0 Å². The number of hydrogen-bond donors (Lipinski definition) is 0. The maximum absolute atomic E-state index is 12.9. The largest absolute Gasteiger partial charge is 0.493 e. The Balaban J connectivity index is 0.967. The standard InChI is InChI=1S/C58H80N2O14/c1-59(25-21-41-35-47(63-3)49(65-5)37-43(41)45(59)29-39-31-51(67-7)57(71-11)52(32-39)68-8)23-17-27-73-55(61)19-15-13-14-16-20-56(62)74-28-18-24-60(2)26-22-42-36-48(64-4)50(66-6)38-44(42)46(60)30-40-33-53(69-9)58(72-12)54(34-40)70-10/h13-14,31-38,45-46H,15-30H2,1-12H3/q+2/b14-13-/t45-,46-,59-,60-/m0/s1. The average molecular weight is 1030 g/mol. The number of methoxy groups -OCH3 is 10. The molecule has 0 unspecified atom stereocenters. The Morgan fingerprint density at radius 2 is 0.784 bits per heavy atom. The van der Waals surface area contributed by atoms with Gasteiger partial charge in [-0.25, -0.2) is 0 Å². The molecule has 16 nitrogen and oxygen atoms in total. The van der Waals surface area contributed by atoms with Crippen LogP contribution in [0.15, 0.2) is 60.7 Å². The van der Waals surface area contributed by atoms with Crippen LogP contribution >= 0.6 is 0 Å². The predicted molar refractivity (Wildman–Crippen MR) is 282 cm³/mol. The van der Waals surface area contributed by atoms with Crippen LogP contribution in [0.3, 0.4) is 0 Å². The van der Waals surface area contributed by atoms with Gasteiger partial charge in [-0.1, -0.05) is 12.2 Å². The summed E-state index contributed by atoms with van der Waals surface area (Å²) in [5.74, 6) is 5.81. The normalized spacial score (nSPS) is 18.9. The van der Waals surface area contributed by atoms with E-state index in [1.54, 1.807) is 71.1 Å². The van der Waals surface area contributed by atoms with Crippen LogP contribution in [-0.2, 0) is 44.7 Å². The van der Waals surface area contributed by atoms with Crippen molar-refractivity contribution in [2.45, 2.75) is 76.3 Å². The van der Waals surface area contributed by atoms with E-state index < -0.39 is 0 Å². The van der Waals surface area contributed by atoms with E-state index in [4.69, 9.17) is 56.8 Å². The molecule has 0 radical (unpaired) electrons. The molecule has 16 heteroatoms. The van der Waals surface area contributed by atoms with E-state index >= 15 is 0 Å². The zero-order valence-electron chi connectivity index (χ0n) is 45.9. The maximum atomic E-state index is 12.9. The van der Waals surface area contributed by atoms with Gasteiger partial charge < -0.3 is 65.8 Å². The number of fused-ring (bicyclic) bond motifs is 2. The zero-order valence-corrected chi connectivity index (χ0v) is 45.9. The molecule has 0 fully saturated rings. The number of allylic oxidation sites excluding steroid dienone is 2. The third-order valence-electron chi connectivity index (χ3n) is 15.0. The summed E-state index contributed by atoms with van der Waals surface area (Å²) < 4.78 is 69.8. The van der Waals surface area contributed by atoms with Gasteiger partial charge in [0, 0.05) is 62.5 Å². The summed E-state index contributed by atoms with van der Waals surface area (Å²) >= 11 is 0. The fourth-order valence-corrected chi connectivity index (χ4v) is 10.8. The highest BCUT2D eigenvalue weighted by Crippen LogP contribution is 2.47. The molecule has 74 heavy (non-hydrogen) atoms. The molecule has 0 bridgehead atoms. The van der Waals surface area contributed by atoms with Crippen LogP contribution in [0.4, 0.5) is 0 Å². The van der Waals surface area contributed by atoms with Gasteiger partial charge in [0.1, 0.15) is 12.1 Å². The summed E-state index contributed by atoms with van der Waals surface area (Å²) in [5.41, 5.74) is 6.93. The van der Waals surface area contributed by atoms with Crippen LogP contribution in [-0.4, -0.2) is 145 Å². The number of quaternary nitrogens is 2. The summed E-state index contributed by atoms with van der Waals surface area (Å²) in [4.78, 5) is 25.7. The lowest BCUT2D eigenvalue weighted by Crippen LogP contribution is -2.52. The molecule has 2 heterocycles. The van der Waals surface area contributed by atoms with Crippen LogP contribution in [0.1, 0.15) is 84.0 Å². The van der Waals surface area contributed by atoms with Gasteiger partial charge in [-0.15, -0.1) is 0 Å². The molecule has 0 aliphatic carbocycles. The first-order chi connectivity index (χ1) is 35.7. The van der Waals surface area contributed by atoms with E-state index in [2.05, 4.69) is 38.4 Å². The van der Waals surface area contributed by atoms with E-state index in [1.165, 1.54) is 22.3 Å². The Morgan fingerprint density at radius 1 is 0.459 bits per heavy atom. The van der Waals surface area contributed by atoms with Gasteiger partial charge in [-0.3, -0.25) is 9.59 Å². The number of hydrogen-bond acceptors (Lipinski definition) is 14. The molecular weight excluding hydrogens is 949 g/mol. The molecule has 4 aromatic carbocycles. The van der Waals surface area contributed by atoms with Gasteiger partial charge in [0.25, 0.3) is 0 Å². The lowest BCUT2D eigenvalue weighted by Gasteiger charge is -2.46. The number of rotatable bonds is 28. The van der Waals surface area contributed by atoms with E-state index in [0.717, 1.165) is 59.1 Å². The van der Waals surface area contributed by atoms with E-state index in [-0.39, 0.29) is 36.9 Å². The molecular formula is C58H80N2O14+2. The first kappa shape index (κ1) is 56.8. The second kappa shape index (κ2) is 26.6. The number of carbonyl (C=O) groups is 2. The summed E-state index contributed by atoms with van der Waals surface area (Å²) in [6.45, 7) is 4.02. The highest BCUT2D eigenvalue weighted by Gasteiger charge is 2.42. The summed E-state index contributed by atoms with van der Waals surface area (Å²) in [7, 11) is 20.9. The van der Waals surface area contributed by atoms with Crippen molar-refractivity contribution in [2.75, 3.05) is 125 Å². The van der Waals surface area contributed by atoms with Crippen molar-refractivity contribution in [3.05, 3.63) is 94.1 Å². The van der Waals surface area contributed by atoms with Gasteiger partial charge in [0.2, 0.25) is 11.5 Å². The highest BCUT2D eigenvalue weighted by molar-refractivity contribution is 5.70. The molecule has 0 amide bonds. The van der Waals surface area contributed by atoms with E-state index in [1.807, 2.05) is 36.4 Å². The second-order valence-electron chi connectivity index (χ2n) is 19.4. The molecule has 0 saturated heterocycles. The quantitative estimate of drug-likeness (QED) is 0.0231. The van der Waals surface area contributed by atoms with Crippen molar-refractivity contribution >= 4 is 11.9 Å². The van der Waals surface area contributed by atoms with E-state index in [0.29, 0.717) is 109 Å². The summed E-state index contributed by atoms with van der Waals surface area (Å²) in [6.07, 6.45) is 9.94. The SMILES string of the molecule is COc1cc2c(cc1OC)[C@H](Cc1cc(OC)c(OC)c(OC)c1)[N@@+](C)(CCCOC(=O)CC/C=C\CCC(=O)OCCC[N@@+]1(C)CCc3cc(OC)c(OC)cc3[C@@H]1Cc1cc(OC)c(OC)c(OC)c1)CC2. The van der Waals surface area contributed by atoms with Crippen molar-refractivity contribution < 1.29 is 75.4 Å². The molecule has 4 aromatic rings. The number of likely N-dealkylation sites (N-methyl/N-ethyl adjacent to an activating group) is 2. The van der Waals surface area contributed by atoms with Crippen molar-refractivity contribution in [2.24, 2.45) is 0 Å². The Bertz CT molecular complexity index is 2340. The van der Waals surface area contributed by atoms with Crippen LogP contribution in [0.5, 0.6) is 57.5 Å². The molecule has 4 atom stereocenters. The summed E-state index contributed by atoms with van der Waals surface area (Å²) in [5, 5.41) is 0. The number of esters is 2. The Kier molecular flexibility index (Phi) is 20.4. The van der Waals surface area contributed by atoms with Crippen LogP contribution in [0.25, 0.3) is 0 Å². The Morgan fingerprint density at radius 3 is 1.09 bits per heavy atom. The minimum Gasteiger partial charge on any atom is -0.493 e.